The van der Waals surface area contributed by atoms with Crippen LogP contribution in [0.1, 0.15) is 73.9 Å². The Balaban J connectivity index is 0.00000195. The summed E-state index contributed by atoms with van der Waals surface area (Å²) in [6.45, 7) is 10.5. The molecule has 1 fully saturated rings. The minimum Gasteiger partial charge on any atom is -0.496 e. The second-order valence-corrected chi connectivity index (χ2v) is 9.58. The van der Waals surface area contributed by atoms with E-state index in [1.807, 2.05) is 20.0 Å². The minimum atomic E-state index is -0.934. The Kier molecular flexibility index (Phi) is 12.0. The van der Waals surface area contributed by atoms with E-state index in [9.17, 15) is 4.79 Å². The van der Waals surface area contributed by atoms with E-state index in [2.05, 4.69) is 28.9 Å². The van der Waals surface area contributed by atoms with Gasteiger partial charge in [0.05, 0.1) is 25.4 Å². The van der Waals surface area contributed by atoms with Crippen LogP contribution in [-0.4, -0.2) is 60.5 Å². The number of rotatable bonds is 13. The van der Waals surface area contributed by atoms with Gasteiger partial charge in [0.15, 0.2) is 0 Å². The van der Waals surface area contributed by atoms with Crippen LogP contribution in [-0.2, 0) is 11.3 Å². The van der Waals surface area contributed by atoms with Crippen molar-refractivity contribution in [2.24, 2.45) is 0 Å². The molecule has 1 aromatic heterocycles. The van der Waals surface area contributed by atoms with Crippen LogP contribution in [0.5, 0.6) is 11.5 Å². The number of carbonyl (C=O) groups is 1. The number of aryl methyl sites for hydroxylation is 1. The summed E-state index contributed by atoms with van der Waals surface area (Å²) in [4.78, 5) is 16.9. The number of carboxylic acids is 1. The molecule has 38 heavy (non-hydrogen) atoms. The van der Waals surface area contributed by atoms with Crippen molar-refractivity contribution in [2.75, 3.05) is 33.4 Å². The Morgan fingerprint density at radius 2 is 1.79 bits per heavy atom. The standard InChI is InChI=1S/C29H38N2O5.C2H6/c1-21-18-27(34-2)26(25-10-13-30-28(21)25)20-31-14-11-23(12-15-31)35-16-5-3-4-6-17-36-24-9-7-8-22(19-24)29(32)33;1-2/h7-10,13,18-19,23,30H,3-6,11-12,14-17,20H2,1-2H3,(H,32,33);1-2H3. The van der Waals surface area contributed by atoms with Crippen molar-refractivity contribution < 1.29 is 24.1 Å². The normalized spacial score (nSPS) is 14.2. The molecule has 0 spiro atoms. The van der Waals surface area contributed by atoms with Gasteiger partial charge in [0, 0.05) is 48.9 Å². The van der Waals surface area contributed by atoms with Gasteiger partial charge < -0.3 is 24.3 Å². The summed E-state index contributed by atoms with van der Waals surface area (Å²) in [6, 6.07) is 10.9. The van der Waals surface area contributed by atoms with Gasteiger partial charge in [0.2, 0.25) is 0 Å². The molecule has 1 aliphatic rings. The summed E-state index contributed by atoms with van der Waals surface area (Å²) < 4.78 is 17.6. The van der Waals surface area contributed by atoms with Crippen LogP contribution >= 0.6 is 0 Å². The second kappa shape index (κ2) is 15.4. The molecule has 0 aliphatic carbocycles. The first-order valence-electron chi connectivity index (χ1n) is 14.0. The SMILES string of the molecule is CC.COc1cc(C)c2[nH]ccc2c1CN1CCC(OCCCCCCOc2cccc(C(=O)O)c2)CC1. The highest BCUT2D eigenvalue weighted by Gasteiger charge is 2.22. The van der Waals surface area contributed by atoms with Crippen molar-refractivity contribution in [2.45, 2.75) is 71.9 Å². The van der Waals surface area contributed by atoms with Crippen LogP contribution in [0.3, 0.4) is 0 Å². The smallest absolute Gasteiger partial charge is 0.335 e. The van der Waals surface area contributed by atoms with Crippen molar-refractivity contribution in [3.8, 4) is 11.5 Å². The van der Waals surface area contributed by atoms with Gasteiger partial charge in [-0.3, -0.25) is 4.90 Å². The molecule has 0 radical (unpaired) electrons. The zero-order valence-corrected chi connectivity index (χ0v) is 23.4. The molecule has 2 aromatic carbocycles. The summed E-state index contributed by atoms with van der Waals surface area (Å²) in [5, 5.41) is 10.3. The van der Waals surface area contributed by atoms with Gasteiger partial charge in [0.25, 0.3) is 0 Å². The first-order chi connectivity index (χ1) is 18.5. The number of aromatic amines is 1. The zero-order chi connectivity index (χ0) is 27.3. The summed E-state index contributed by atoms with van der Waals surface area (Å²) in [5.41, 5.74) is 3.92. The van der Waals surface area contributed by atoms with Gasteiger partial charge in [0.1, 0.15) is 11.5 Å². The van der Waals surface area contributed by atoms with Crippen LogP contribution in [0.15, 0.2) is 42.6 Å². The molecule has 1 aliphatic heterocycles. The number of benzene rings is 2. The number of likely N-dealkylation sites (tertiary alicyclic amines) is 1. The number of ether oxygens (including phenoxy) is 3. The van der Waals surface area contributed by atoms with Gasteiger partial charge >= 0.3 is 5.97 Å². The molecule has 208 valence electrons. The number of hydrogen-bond acceptors (Lipinski definition) is 5. The number of nitrogens with one attached hydrogen (secondary N) is 1. The molecule has 4 rings (SSSR count). The largest absolute Gasteiger partial charge is 0.496 e. The maximum atomic E-state index is 11.0. The quantitative estimate of drug-likeness (QED) is 0.239. The van der Waals surface area contributed by atoms with Gasteiger partial charge in [-0.25, -0.2) is 4.79 Å². The molecule has 1 saturated heterocycles. The molecule has 0 bridgehead atoms. The predicted molar refractivity (Wildman–Crippen MR) is 153 cm³/mol. The van der Waals surface area contributed by atoms with E-state index in [0.29, 0.717) is 18.5 Å². The maximum absolute atomic E-state index is 11.0. The number of H-pyrrole nitrogens is 1. The number of fused-ring (bicyclic) bond motifs is 1. The van der Waals surface area contributed by atoms with Gasteiger partial charge in [-0.1, -0.05) is 26.3 Å². The first kappa shape index (κ1) is 29.5. The first-order valence-corrected chi connectivity index (χ1v) is 14.0. The van der Waals surface area contributed by atoms with Gasteiger partial charge in [-0.2, -0.15) is 0 Å². The van der Waals surface area contributed by atoms with Crippen molar-refractivity contribution in [3.05, 3.63) is 59.3 Å². The minimum absolute atomic E-state index is 0.253. The van der Waals surface area contributed by atoms with E-state index >= 15 is 0 Å². The van der Waals surface area contributed by atoms with E-state index in [1.165, 1.54) is 22.0 Å². The topological polar surface area (TPSA) is 84.0 Å². The predicted octanol–water partition coefficient (Wildman–Crippen LogP) is 6.83. The van der Waals surface area contributed by atoms with Crippen molar-refractivity contribution in [1.29, 1.82) is 0 Å². The third kappa shape index (κ3) is 8.23. The van der Waals surface area contributed by atoms with Crippen LogP contribution in [0.25, 0.3) is 10.9 Å². The molecular formula is C31H44N2O5. The lowest BCUT2D eigenvalue weighted by Crippen LogP contribution is -2.36. The maximum Gasteiger partial charge on any atom is 0.335 e. The lowest BCUT2D eigenvalue weighted by molar-refractivity contribution is 0.00419. The van der Waals surface area contributed by atoms with E-state index in [4.69, 9.17) is 19.3 Å². The van der Waals surface area contributed by atoms with E-state index < -0.39 is 5.97 Å². The average Bonchev–Trinajstić information content (AvgIpc) is 3.44. The second-order valence-electron chi connectivity index (χ2n) is 9.58. The fraction of sp³-hybridized carbons (Fsp3) is 0.516. The highest BCUT2D eigenvalue weighted by Crippen LogP contribution is 2.32. The number of carboxylic acid groups (broad SMARTS) is 1. The summed E-state index contributed by atoms with van der Waals surface area (Å²) in [7, 11) is 1.75. The monoisotopic (exact) mass is 524 g/mol. The fourth-order valence-electron chi connectivity index (χ4n) is 4.96. The Labute approximate surface area is 227 Å². The highest BCUT2D eigenvalue weighted by molar-refractivity contribution is 5.88. The van der Waals surface area contributed by atoms with Crippen molar-refractivity contribution in [1.82, 2.24) is 9.88 Å². The molecule has 0 amide bonds. The number of aromatic nitrogens is 1. The Hall–Kier alpha value is -3.03. The van der Waals surface area contributed by atoms with Gasteiger partial charge in [-0.15, -0.1) is 0 Å². The van der Waals surface area contributed by atoms with E-state index in [-0.39, 0.29) is 5.56 Å². The zero-order valence-electron chi connectivity index (χ0n) is 23.4. The molecule has 0 unspecified atom stereocenters. The summed E-state index contributed by atoms with van der Waals surface area (Å²) in [6.07, 6.45) is 8.67. The van der Waals surface area contributed by atoms with Gasteiger partial charge in [-0.05, 0) is 74.9 Å². The lowest BCUT2D eigenvalue weighted by atomic mass is 10.0. The average molecular weight is 525 g/mol. The summed E-state index contributed by atoms with van der Waals surface area (Å²) in [5.74, 6) is 0.649. The molecule has 2 heterocycles. The molecule has 2 N–H and O–H groups in total. The van der Waals surface area contributed by atoms with E-state index in [0.717, 1.165) is 70.5 Å². The van der Waals surface area contributed by atoms with Crippen LogP contribution in [0, 0.1) is 6.92 Å². The molecular weight excluding hydrogens is 480 g/mol. The molecule has 7 heteroatoms. The molecule has 0 atom stereocenters. The number of methoxy groups -OCH3 is 1. The number of unbranched alkanes of at least 4 members (excludes halogenated alkanes) is 3. The Morgan fingerprint density at radius 3 is 2.50 bits per heavy atom. The van der Waals surface area contributed by atoms with E-state index in [1.54, 1.807) is 31.4 Å². The van der Waals surface area contributed by atoms with Crippen LogP contribution in [0.4, 0.5) is 0 Å². The Morgan fingerprint density at radius 1 is 1.05 bits per heavy atom. The molecule has 7 nitrogen and oxygen atoms in total. The molecule has 0 saturated carbocycles. The highest BCUT2D eigenvalue weighted by atomic mass is 16.5. The third-order valence-corrected chi connectivity index (χ3v) is 6.99. The fourth-order valence-corrected chi connectivity index (χ4v) is 4.96. The number of nitrogens with zero attached hydrogens (tertiary/aromatic N) is 1. The van der Waals surface area contributed by atoms with Crippen LogP contribution < -0.4 is 9.47 Å². The molecule has 3 aromatic rings. The summed E-state index contributed by atoms with van der Waals surface area (Å²) >= 11 is 0. The number of hydrogen-bond donors (Lipinski definition) is 2. The lowest BCUT2D eigenvalue weighted by Gasteiger charge is -2.32. The number of aromatic carboxylic acids is 1. The third-order valence-electron chi connectivity index (χ3n) is 6.99. The van der Waals surface area contributed by atoms with Crippen molar-refractivity contribution >= 4 is 16.9 Å². The van der Waals surface area contributed by atoms with Crippen LogP contribution in [0.2, 0.25) is 0 Å². The van der Waals surface area contributed by atoms with Crippen molar-refractivity contribution in [3.63, 3.8) is 0 Å². The number of piperidine rings is 1. The Bertz CT molecular complexity index is 1130.